The molecule has 8 heteroatoms. The average Bonchev–Trinajstić information content (AvgIpc) is 3.13. The molecule has 0 bridgehead atoms. The van der Waals surface area contributed by atoms with Gasteiger partial charge in [0.15, 0.2) is 0 Å². The number of hydrogen-bond acceptors (Lipinski definition) is 4. The molecule has 0 spiro atoms. The molecule has 140 valence electrons. The van der Waals surface area contributed by atoms with Crippen molar-refractivity contribution in [3.05, 3.63) is 53.6 Å². The Balaban J connectivity index is 1.85. The number of aryl methyl sites for hydroxylation is 2. The maximum Gasteiger partial charge on any atom is 0.261 e. The molecule has 0 aliphatic carbocycles. The van der Waals surface area contributed by atoms with Crippen molar-refractivity contribution in [2.75, 3.05) is 17.8 Å². The summed E-state index contributed by atoms with van der Waals surface area (Å²) in [6, 6.07) is 10.8. The van der Waals surface area contributed by atoms with Gasteiger partial charge in [0.25, 0.3) is 10.0 Å². The Labute approximate surface area is 155 Å². The number of sulfonamides is 2. The van der Waals surface area contributed by atoms with E-state index in [0.29, 0.717) is 18.8 Å². The third-order valence-corrected chi connectivity index (χ3v) is 7.76. The van der Waals surface area contributed by atoms with Gasteiger partial charge in [0.05, 0.1) is 15.5 Å². The molecule has 3 rings (SSSR count). The van der Waals surface area contributed by atoms with Gasteiger partial charge in [-0.1, -0.05) is 17.7 Å². The summed E-state index contributed by atoms with van der Waals surface area (Å²) in [5, 5.41) is 0. The Kier molecular flexibility index (Phi) is 5.09. The highest BCUT2D eigenvalue weighted by atomic mass is 32.2. The minimum atomic E-state index is -3.79. The molecule has 26 heavy (non-hydrogen) atoms. The molecule has 0 unspecified atom stereocenters. The van der Waals surface area contributed by atoms with Crippen LogP contribution in [0.1, 0.15) is 24.0 Å². The van der Waals surface area contributed by atoms with Crippen LogP contribution in [-0.4, -0.2) is 34.2 Å². The van der Waals surface area contributed by atoms with Gasteiger partial charge < -0.3 is 0 Å². The van der Waals surface area contributed by atoms with Gasteiger partial charge in [-0.2, -0.15) is 4.31 Å². The van der Waals surface area contributed by atoms with Crippen LogP contribution < -0.4 is 4.72 Å². The van der Waals surface area contributed by atoms with Gasteiger partial charge in [0.2, 0.25) is 10.0 Å². The zero-order valence-corrected chi connectivity index (χ0v) is 16.4. The van der Waals surface area contributed by atoms with E-state index in [9.17, 15) is 16.8 Å². The van der Waals surface area contributed by atoms with Crippen LogP contribution in [0, 0.1) is 13.8 Å². The second-order valence-corrected chi connectivity index (χ2v) is 10.1. The molecule has 1 fully saturated rings. The molecular weight excluding hydrogens is 372 g/mol. The molecule has 1 N–H and O–H groups in total. The first-order valence-corrected chi connectivity index (χ1v) is 11.3. The predicted molar refractivity (Wildman–Crippen MR) is 101 cm³/mol. The first kappa shape index (κ1) is 18.9. The number of benzene rings is 2. The van der Waals surface area contributed by atoms with E-state index in [4.69, 9.17) is 0 Å². The molecule has 0 aromatic heterocycles. The molecule has 1 aliphatic rings. The number of nitrogens with one attached hydrogen (secondary N) is 1. The van der Waals surface area contributed by atoms with Crippen LogP contribution in [0.4, 0.5) is 5.69 Å². The molecule has 0 amide bonds. The molecular formula is C18H22N2O4S2. The van der Waals surface area contributed by atoms with Crippen LogP contribution in [0.3, 0.4) is 0 Å². The van der Waals surface area contributed by atoms with E-state index >= 15 is 0 Å². The van der Waals surface area contributed by atoms with Crippen molar-refractivity contribution < 1.29 is 16.8 Å². The van der Waals surface area contributed by atoms with Crippen molar-refractivity contribution in [1.29, 1.82) is 0 Å². The first-order chi connectivity index (χ1) is 12.2. The lowest BCUT2D eigenvalue weighted by Crippen LogP contribution is -2.27. The highest BCUT2D eigenvalue weighted by Crippen LogP contribution is 2.24. The summed E-state index contributed by atoms with van der Waals surface area (Å²) >= 11 is 0. The molecule has 6 nitrogen and oxygen atoms in total. The highest BCUT2D eigenvalue weighted by Gasteiger charge is 2.27. The molecule has 1 heterocycles. The van der Waals surface area contributed by atoms with Crippen LogP contribution in [0.5, 0.6) is 0 Å². The van der Waals surface area contributed by atoms with Crippen molar-refractivity contribution in [3.8, 4) is 0 Å². The van der Waals surface area contributed by atoms with Crippen molar-refractivity contribution in [2.24, 2.45) is 0 Å². The molecule has 1 aliphatic heterocycles. The molecule has 0 saturated carbocycles. The topological polar surface area (TPSA) is 83.5 Å². The van der Waals surface area contributed by atoms with Crippen LogP contribution in [0.2, 0.25) is 0 Å². The molecule has 0 atom stereocenters. The van der Waals surface area contributed by atoms with Gasteiger partial charge in [-0.15, -0.1) is 0 Å². The lowest BCUT2D eigenvalue weighted by Gasteiger charge is -2.16. The largest absolute Gasteiger partial charge is 0.279 e. The van der Waals surface area contributed by atoms with Gasteiger partial charge in [0, 0.05) is 13.1 Å². The minimum absolute atomic E-state index is 0.0258. The Morgan fingerprint density at radius 1 is 0.846 bits per heavy atom. The summed E-state index contributed by atoms with van der Waals surface area (Å²) < 4.78 is 54.2. The molecule has 2 aromatic rings. The fourth-order valence-corrected chi connectivity index (χ4v) is 5.65. The third kappa shape index (κ3) is 3.77. The Morgan fingerprint density at radius 3 is 2.00 bits per heavy atom. The smallest absolute Gasteiger partial charge is 0.261 e. The van der Waals surface area contributed by atoms with Gasteiger partial charge >= 0.3 is 0 Å². The van der Waals surface area contributed by atoms with Crippen molar-refractivity contribution in [2.45, 2.75) is 36.5 Å². The zero-order valence-electron chi connectivity index (χ0n) is 14.8. The summed E-state index contributed by atoms with van der Waals surface area (Å²) in [5.41, 5.74) is 2.37. The fourth-order valence-electron chi connectivity index (χ4n) is 3.00. The third-order valence-electron chi connectivity index (χ3n) is 4.46. The minimum Gasteiger partial charge on any atom is -0.279 e. The van der Waals surface area contributed by atoms with Gasteiger partial charge in [0.1, 0.15) is 0 Å². The monoisotopic (exact) mass is 394 g/mol. The van der Waals surface area contributed by atoms with E-state index < -0.39 is 20.0 Å². The summed E-state index contributed by atoms with van der Waals surface area (Å²) in [5.74, 6) is 0. The lowest BCUT2D eigenvalue weighted by molar-refractivity contribution is 0.477. The van der Waals surface area contributed by atoms with E-state index in [0.717, 1.165) is 24.0 Å². The summed E-state index contributed by atoms with van der Waals surface area (Å²) in [7, 11) is -7.34. The van der Waals surface area contributed by atoms with Crippen LogP contribution >= 0.6 is 0 Å². The number of hydrogen-bond donors (Lipinski definition) is 1. The molecule has 0 radical (unpaired) electrons. The number of nitrogens with zero attached hydrogens (tertiary/aromatic N) is 1. The van der Waals surface area contributed by atoms with E-state index in [-0.39, 0.29) is 9.79 Å². The van der Waals surface area contributed by atoms with Crippen LogP contribution in [0.25, 0.3) is 0 Å². The lowest BCUT2D eigenvalue weighted by atomic mass is 10.1. The van der Waals surface area contributed by atoms with Crippen molar-refractivity contribution in [3.63, 3.8) is 0 Å². The maximum absolute atomic E-state index is 12.6. The van der Waals surface area contributed by atoms with E-state index in [1.54, 1.807) is 6.07 Å². The Morgan fingerprint density at radius 2 is 1.42 bits per heavy atom. The average molecular weight is 395 g/mol. The highest BCUT2D eigenvalue weighted by molar-refractivity contribution is 7.92. The molecule has 2 aromatic carbocycles. The van der Waals surface area contributed by atoms with E-state index in [1.165, 1.54) is 28.6 Å². The maximum atomic E-state index is 12.6. The standard InChI is InChI=1S/C18H22N2O4S2/c1-14-5-10-18(15(2)13-14)19-25(21,22)16-6-8-17(9-7-16)26(23,24)20-11-3-4-12-20/h5-10,13,19H,3-4,11-12H2,1-2H3. The summed E-state index contributed by atoms with van der Waals surface area (Å²) in [6.45, 7) is 4.79. The van der Waals surface area contributed by atoms with Crippen molar-refractivity contribution in [1.82, 2.24) is 4.31 Å². The normalized spacial score (nSPS) is 15.9. The van der Waals surface area contributed by atoms with Crippen LogP contribution in [0.15, 0.2) is 52.3 Å². The Bertz CT molecular complexity index is 1010. The summed E-state index contributed by atoms with van der Waals surface area (Å²) in [4.78, 5) is 0.141. The fraction of sp³-hybridized carbons (Fsp3) is 0.333. The van der Waals surface area contributed by atoms with Gasteiger partial charge in [-0.3, -0.25) is 4.72 Å². The van der Waals surface area contributed by atoms with Gasteiger partial charge in [-0.05, 0) is 62.6 Å². The first-order valence-electron chi connectivity index (χ1n) is 8.40. The zero-order chi connectivity index (χ0) is 18.9. The predicted octanol–water partition coefficient (Wildman–Crippen LogP) is 2.89. The molecule has 1 saturated heterocycles. The Hall–Kier alpha value is -1.90. The van der Waals surface area contributed by atoms with Crippen LogP contribution in [-0.2, 0) is 20.0 Å². The second kappa shape index (κ2) is 7.02. The van der Waals surface area contributed by atoms with Gasteiger partial charge in [-0.25, -0.2) is 16.8 Å². The van der Waals surface area contributed by atoms with E-state index in [2.05, 4.69) is 4.72 Å². The number of anilines is 1. The van der Waals surface area contributed by atoms with Crippen molar-refractivity contribution >= 4 is 25.7 Å². The SMILES string of the molecule is Cc1ccc(NS(=O)(=O)c2ccc(S(=O)(=O)N3CCCC3)cc2)c(C)c1. The quantitative estimate of drug-likeness (QED) is 0.845. The summed E-state index contributed by atoms with van der Waals surface area (Å²) in [6.07, 6.45) is 1.71. The number of rotatable bonds is 5. The second-order valence-electron chi connectivity index (χ2n) is 6.51. The van der Waals surface area contributed by atoms with E-state index in [1.807, 2.05) is 26.0 Å².